The van der Waals surface area contributed by atoms with Crippen molar-refractivity contribution < 1.29 is 0 Å². The zero-order valence-electron chi connectivity index (χ0n) is 12.5. The molecule has 0 amide bonds. The van der Waals surface area contributed by atoms with Crippen LogP contribution in [0.5, 0.6) is 0 Å². The van der Waals surface area contributed by atoms with E-state index in [-0.39, 0.29) is 5.41 Å². The largest absolute Gasteiger partial charge is 0.330 e. The summed E-state index contributed by atoms with van der Waals surface area (Å²) in [5.41, 5.74) is 6.04. The van der Waals surface area contributed by atoms with Gasteiger partial charge in [-0.2, -0.15) is 0 Å². The van der Waals surface area contributed by atoms with Crippen LogP contribution in [0.1, 0.15) is 50.4 Å². The molecule has 2 nitrogen and oxygen atoms in total. The molecule has 0 saturated heterocycles. The van der Waals surface area contributed by atoms with E-state index in [1.54, 1.807) is 0 Å². The lowest BCUT2D eigenvalue weighted by molar-refractivity contribution is 0.149. The normalized spacial score (nSPS) is 14.2. The molecule has 1 rings (SSSR count). The van der Waals surface area contributed by atoms with Crippen LogP contribution >= 0.6 is 11.3 Å². The molecule has 104 valence electrons. The van der Waals surface area contributed by atoms with E-state index < -0.39 is 0 Å². The summed E-state index contributed by atoms with van der Waals surface area (Å²) >= 11 is 1.95. The van der Waals surface area contributed by atoms with Crippen molar-refractivity contribution in [3.05, 3.63) is 21.9 Å². The fourth-order valence-electron chi connectivity index (χ4n) is 2.13. The average Bonchev–Trinajstić information content (AvgIpc) is 2.84. The van der Waals surface area contributed by atoms with Gasteiger partial charge in [0.1, 0.15) is 0 Å². The Kier molecular flexibility index (Phi) is 5.83. The van der Waals surface area contributed by atoms with Gasteiger partial charge in [0.05, 0.1) is 0 Å². The average molecular weight is 268 g/mol. The van der Waals surface area contributed by atoms with Gasteiger partial charge in [-0.1, -0.05) is 27.7 Å². The van der Waals surface area contributed by atoms with Crippen molar-refractivity contribution in [2.24, 2.45) is 11.1 Å². The van der Waals surface area contributed by atoms with Crippen molar-refractivity contribution >= 4 is 11.3 Å². The van der Waals surface area contributed by atoms with Crippen LogP contribution in [0.15, 0.2) is 12.1 Å². The van der Waals surface area contributed by atoms with E-state index in [1.165, 1.54) is 9.75 Å². The third kappa shape index (κ3) is 4.08. The van der Waals surface area contributed by atoms with Crippen LogP contribution in [-0.4, -0.2) is 24.5 Å². The highest BCUT2D eigenvalue weighted by Crippen LogP contribution is 2.29. The number of nitrogens with zero attached hydrogens (tertiary/aromatic N) is 1. The molecule has 0 fully saturated rings. The molecule has 0 aromatic carbocycles. The van der Waals surface area contributed by atoms with Gasteiger partial charge in [-0.15, -0.1) is 11.3 Å². The number of hydrogen-bond acceptors (Lipinski definition) is 3. The lowest BCUT2D eigenvalue weighted by atomic mass is 9.92. The molecule has 1 atom stereocenters. The van der Waals surface area contributed by atoms with Gasteiger partial charge in [-0.25, -0.2) is 0 Å². The van der Waals surface area contributed by atoms with Crippen molar-refractivity contribution in [3.8, 4) is 0 Å². The van der Waals surface area contributed by atoms with Crippen molar-refractivity contribution in [3.63, 3.8) is 0 Å². The van der Waals surface area contributed by atoms with E-state index in [2.05, 4.69) is 51.7 Å². The van der Waals surface area contributed by atoms with Crippen LogP contribution in [0.3, 0.4) is 0 Å². The standard InChI is InChI=1S/C15H28N2S/c1-6-13-8-9-14(18-13)12(3)17(7-2)11-15(4,5)10-16/h8-9,12H,6-7,10-11,16H2,1-5H3. The number of nitrogens with two attached hydrogens (primary N) is 1. The van der Waals surface area contributed by atoms with E-state index in [4.69, 9.17) is 5.73 Å². The van der Waals surface area contributed by atoms with E-state index in [0.717, 1.165) is 26.1 Å². The maximum Gasteiger partial charge on any atom is 0.0413 e. The Morgan fingerprint density at radius 3 is 2.44 bits per heavy atom. The first-order chi connectivity index (χ1) is 8.43. The number of hydrogen-bond donors (Lipinski definition) is 1. The van der Waals surface area contributed by atoms with Crippen molar-refractivity contribution in [1.29, 1.82) is 0 Å². The second kappa shape index (κ2) is 6.69. The van der Waals surface area contributed by atoms with E-state index in [9.17, 15) is 0 Å². The summed E-state index contributed by atoms with van der Waals surface area (Å²) in [5, 5.41) is 0. The third-order valence-corrected chi connectivity index (χ3v) is 4.98. The maximum atomic E-state index is 5.85. The zero-order valence-corrected chi connectivity index (χ0v) is 13.3. The molecule has 0 aliphatic carbocycles. The van der Waals surface area contributed by atoms with Crippen LogP contribution in [0, 0.1) is 5.41 Å². The monoisotopic (exact) mass is 268 g/mol. The van der Waals surface area contributed by atoms with Crippen LogP contribution in [0.25, 0.3) is 0 Å². The Bertz CT molecular complexity index is 357. The summed E-state index contributed by atoms with van der Waals surface area (Å²) in [6.07, 6.45) is 1.14. The smallest absolute Gasteiger partial charge is 0.0413 e. The molecule has 0 saturated carbocycles. The highest BCUT2D eigenvalue weighted by molar-refractivity contribution is 7.12. The molecule has 1 aromatic heterocycles. The predicted octanol–water partition coefficient (Wildman–Crippen LogP) is 3.68. The third-order valence-electron chi connectivity index (χ3n) is 3.58. The summed E-state index contributed by atoms with van der Waals surface area (Å²) < 4.78 is 0. The van der Waals surface area contributed by atoms with Gasteiger partial charge in [-0.3, -0.25) is 4.90 Å². The SMILES string of the molecule is CCc1ccc(C(C)N(CC)CC(C)(C)CN)s1. The Morgan fingerprint density at radius 2 is 2.00 bits per heavy atom. The van der Waals surface area contributed by atoms with Gasteiger partial charge in [0.15, 0.2) is 0 Å². The van der Waals surface area contributed by atoms with Gasteiger partial charge >= 0.3 is 0 Å². The van der Waals surface area contributed by atoms with Gasteiger partial charge in [-0.05, 0) is 44.0 Å². The fourth-order valence-corrected chi connectivity index (χ4v) is 3.16. The number of aryl methyl sites for hydroxylation is 1. The van der Waals surface area contributed by atoms with Gasteiger partial charge < -0.3 is 5.73 Å². The van der Waals surface area contributed by atoms with Crippen molar-refractivity contribution in [2.75, 3.05) is 19.6 Å². The predicted molar refractivity (Wildman–Crippen MR) is 82.2 cm³/mol. The quantitative estimate of drug-likeness (QED) is 0.817. The van der Waals surface area contributed by atoms with Gasteiger partial charge in [0.2, 0.25) is 0 Å². The van der Waals surface area contributed by atoms with Gasteiger partial charge in [0, 0.05) is 22.3 Å². The molecular formula is C15H28N2S. The van der Waals surface area contributed by atoms with E-state index in [0.29, 0.717) is 6.04 Å². The summed E-state index contributed by atoms with van der Waals surface area (Å²) in [6.45, 7) is 14.1. The molecule has 2 N–H and O–H groups in total. The fraction of sp³-hybridized carbons (Fsp3) is 0.733. The molecule has 18 heavy (non-hydrogen) atoms. The minimum Gasteiger partial charge on any atom is -0.330 e. The zero-order chi connectivity index (χ0) is 13.8. The highest BCUT2D eigenvalue weighted by Gasteiger charge is 2.24. The molecule has 1 heterocycles. The second-order valence-corrected chi connectivity index (χ2v) is 6.96. The lowest BCUT2D eigenvalue weighted by Crippen LogP contribution is -2.39. The van der Waals surface area contributed by atoms with Gasteiger partial charge in [0.25, 0.3) is 0 Å². The minimum atomic E-state index is 0.190. The highest BCUT2D eigenvalue weighted by atomic mass is 32.1. The van der Waals surface area contributed by atoms with Crippen molar-refractivity contribution in [2.45, 2.75) is 47.1 Å². The van der Waals surface area contributed by atoms with E-state index >= 15 is 0 Å². The Labute approximate surface area is 116 Å². The molecule has 0 radical (unpaired) electrons. The molecule has 1 unspecified atom stereocenters. The molecule has 0 bridgehead atoms. The number of thiophene rings is 1. The maximum absolute atomic E-state index is 5.85. The Morgan fingerprint density at radius 1 is 1.33 bits per heavy atom. The molecule has 0 aliphatic rings. The van der Waals surface area contributed by atoms with Crippen LogP contribution in [0.2, 0.25) is 0 Å². The van der Waals surface area contributed by atoms with Crippen LogP contribution in [0.4, 0.5) is 0 Å². The molecule has 0 aliphatic heterocycles. The summed E-state index contributed by atoms with van der Waals surface area (Å²) in [4.78, 5) is 5.48. The van der Waals surface area contributed by atoms with E-state index in [1.807, 2.05) is 11.3 Å². The van der Waals surface area contributed by atoms with Crippen LogP contribution < -0.4 is 5.73 Å². The first-order valence-electron chi connectivity index (χ1n) is 6.96. The topological polar surface area (TPSA) is 29.3 Å². The lowest BCUT2D eigenvalue weighted by Gasteiger charge is -2.34. The van der Waals surface area contributed by atoms with Crippen LogP contribution in [-0.2, 0) is 6.42 Å². The molecule has 0 spiro atoms. The number of rotatable bonds is 7. The Hall–Kier alpha value is -0.380. The molecular weight excluding hydrogens is 240 g/mol. The Balaban J connectivity index is 2.75. The van der Waals surface area contributed by atoms with Crippen molar-refractivity contribution in [1.82, 2.24) is 4.90 Å². The molecule has 3 heteroatoms. The summed E-state index contributed by atoms with van der Waals surface area (Å²) in [5.74, 6) is 0. The summed E-state index contributed by atoms with van der Waals surface area (Å²) in [6, 6.07) is 5.04. The first-order valence-corrected chi connectivity index (χ1v) is 7.78. The minimum absolute atomic E-state index is 0.190. The molecule has 1 aromatic rings. The summed E-state index contributed by atoms with van der Waals surface area (Å²) in [7, 11) is 0. The first kappa shape index (κ1) is 15.7. The second-order valence-electron chi connectivity index (χ2n) is 5.77.